The van der Waals surface area contributed by atoms with Gasteiger partial charge in [-0.15, -0.1) is 0 Å². The molecule has 4 heteroatoms. The molecule has 0 aliphatic heterocycles. The molecule has 128 valence electrons. The first-order valence-electron chi connectivity index (χ1n) is 8.62. The lowest BCUT2D eigenvalue weighted by molar-refractivity contribution is 1.11. The average molecular weight is 340 g/mol. The number of fused-ring (bicyclic) bond motifs is 1. The van der Waals surface area contributed by atoms with Crippen molar-refractivity contribution in [3.8, 4) is 0 Å². The molecule has 0 unspecified atom stereocenters. The Hall–Kier alpha value is -3.40. The number of nitrogens with one attached hydrogen (secondary N) is 1. The zero-order valence-corrected chi connectivity index (χ0v) is 14.8. The highest BCUT2D eigenvalue weighted by atomic mass is 15.2. The highest BCUT2D eigenvalue weighted by molar-refractivity contribution is 5.78. The summed E-state index contributed by atoms with van der Waals surface area (Å²) in [6.07, 6.45) is 7.83. The lowest BCUT2D eigenvalue weighted by Crippen LogP contribution is -2.00. The molecule has 2 aromatic carbocycles. The minimum atomic E-state index is 0.675. The molecular formula is C22H20N4. The van der Waals surface area contributed by atoms with Gasteiger partial charge < -0.3 is 5.32 Å². The maximum absolute atomic E-state index is 4.69. The van der Waals surface area contributed by atoms with Gasteiger partial charge in [0.25, 0.3) is 0 Å². The Kier molecular flexibility index (Phi) is 4.23. The van der Waals surface area contributed by atoms with E-state index in [-0.39, 0.29) is 0 Å². The van der Waals surface area contributed by atoms with Crippen molar-refractivity contribution in [1.29, 1.82) is 0 Å². The Morgan fingerprint density at radius 2 is 1.65 bits per heavy atom. The Balaban J connectivity index is 1.81. The van der Waals surface area contributed by atoms with Crippen LogP contribution in [-0.2, 0) is 0 Å². The molecule has 1 N–H and O–H groups in total. The molecule has 0 atom stereocenters. The topological polar surface area (TPSA) is 42.2 Å². The molecule has 0 bridgehead atoms. The molecule has 4 aromatic rings. The molecule has 0 saturated carbocycles. The molecule has 2 heterocycles. The van der Waals surface area contributed by atoms with Gasteiger partial charge in [0.1, 0.15) is 11.5 Å². The molecule has 0 aliphatic carbocycles. The first kappa shape index (κ1) is 16.1. The Morgan fingerprint density at radius 1 is 0.885 bits per heavy atom. The van der Waals surface area contributed by atoms with Gasteiger partial charge in [-0.1, -0.05) is 54.6 Å². The van der Waals surface area contributed by atoms with Crippen LogP contribution in [0.3, 0.4) is 0 Å². The summed E-state index contributed by atoms with van der Waals surface area (Å²) in [6, 6.07) is 18.4. The molecule has 0 spiro atoms. The van der Waals surface area contributed by atoms with Crippen molar-refractivity contribution in [2.45, 2.75) is 13.8 Å². The lowest BCUT2D eigenvalue weighted by atomic mass is 10.1. The molecular weight excluding hydrogens is 320 g/mol. The summed E-state index contributed by atoms with van der Waals surface area (Å²) >= 11 is 0. The molecule has 26 heavy (non-hydrogen) atoms. The van der Waals surface area contributed by atoms with E-state index >= 15 is 0 Å². The number of rotatable bonds is 4. The van der Waals surface area contributed by atoms with Crippen LogP contribution in [0.15, 0.2) is 67.0 Å². The predicted molar refractivity (Wildman–Crippen MR) is 108 cm³/mol. The van der Waals surface area contributed by atoms with Crippen LogP contribution in [-0.4, -0.2) is 14.4 Å². The molecule has 0 radical (unpaired) electrons. The summed E-state index contributed by atoms with van der Waals surface area (Å²) in [6.45, 7) is 4.21. The Labute approximate surface area is 152 Å². The molecule has 4 nitrogen and oxygen atoms in total. The van der Waals surface area contributed by atoms with Gasteiger partial charge in [-0.05, 0) is 42.7 Å². The molecule has 2 aromatic heterocycles. The second-order valence-electron chi connectivity index (χ2n) is 6.27. The maximum atomic E-state index is 4.69. The van der Waals surface area contributed by atoms with Crippen molar-refractivity contribution >= 4 is 29.4 Å². The van der Waals surface area contributed by atoms with E-state index in [0.717, 1.165) is 22.8 Å². The van der Waals surface area contributed by atoms with Gasteiger partial charge in [0.05, 0.1) is 0 Å². The van der Waals surface area contributed by atoms with E-state index < -0.39 is 0 Å². The zero-order valence-electron chi connectivity index (χ0n) is 14.8. The molecule has 4 rings (SSSR count). The van der Waals surface area contributed by atoms with Crippen molar-refractivity contribution in [1.82, 2.24) is 14.4 Å². The van der Waals surface area contributed by atoms with Gasteiger partial charge in [-0.2, -0.15) is 0 Å². The quantitative estimate of drug-likeness (QED) is 0.551. The van der Waals surface area contributed by atoms with Gasteiger partial charge in [-0.25, -0.2) is 9.97 Å². The van der Waals surface area contributed by atoms with E-state index in [1.165, 1.54) is 11.1 Å². The average Bonchev–Trinajstić information content (AvgIpc) is 3.01. The number of benzene rings is 2. The van der Waals surface area contributed by atoms with Crippen LogP contribution in [0.25, 0.3) is 17.9 Å². The third-order valence-electron chi connectivity index (χ3n) is 4.39. The Morgan fingerprint density at radius 3 is 2.42 bits per heavy atom. The van der Waals surface area contributed by atoms with E-state index in [1.807, 2.05) is 40.9 Å². The van der Waals surface area contributed by atoms with Crippen molar-refractivity contribution in [3.63, 3.8) is 0 Å². The Bertz CT molecular complexity index is 1060. The maximum Gasteiger partial charge on any atom is 0.235 e. The van der Waals surface area contributed by atoms with Crippen LogP contribution in [0.2, 0.25) is 0 Å². The van der Waals surface area contributed by atoms with Crippen LogP contribution in [0.5, 0.6) is 0 Å². The fourth-order valence-electron chi connectivity index (χ4n) is 3.01. The summed E-state index contributed by atoms with van der Waals surface area (Å²) < 4.78 is 1.98. The number of imidazole rings is 1. The normalized spacial score (nSPS) is 11.3. The van der Waals surface area contributed by atoms with Crippen LogP contribution >= 0.6 is 0 Å². The smallest absolute Gasteiger partial charge is 0.235 e. The predicted octanol–water partition coefficient (Wildman–Crippen LogP) is 5.26. The number of hydrogen-bond acceptors (Lipinski definition) is 3. The number of nitrogens with zero attached hydrogens (tertiary/aromatic N) is 3. The standard InChI is InChI=1S/C22H20N4/c1-16-8-6-9-17(2)20(16)25-21-19(13-12-18-10-4-3-5-11-18)24-22-23-14-7-15-26(21)22/h3-15,25H,1-2H3/b13-12+. The molecule has 0 fully saturated rings. The number of hydrogen-bond donors (Lipinski definition) is 1. The first-order chi connectivity index (χ1) is 12.7. The monoisotopic (exact) mass is 340 g/mol. The van der Waals surface area contributed by atoms with Crippen molar-refractivity contribution in [2.75, 3.05) is 5.32 Å². The van der Waals surface area contributed by atoms with Gasteiger partial charge in [-0.3, -0.25) is 4.40 Å². The van der Waals surface area contributed by atoms with Crippen LogP contribution in [0.4, 0.5) is 11.5 Å². The largest absolute Gasteiger partial charge is 0.339 e. The van der Waals surface area contributed by atoms with Crippen LogP contribution < -0.4 is 5.32 Å². The van der Waals surface area contributed by atoms with Crippen molar-refractivity contribution in [2.24, 2.45) is 0 Å². The molecule has 0 aliphatic rings. The fourth-order valence-corrected chi connectivity index (χ4v) is 3.01. The van der Waals surface area contributed by atoms with Crippen molar-refractivity contribution < 1.29 is 0 Å². The third-order valence-corrected chi connectivity index (χ3v) is 4.39. The fraction of sp³-hybridized carbons (Fsp3) is 0.0909. The van der Waals surface area contributed by atoms with Crippen LogP contribution in [0.1, 0.15) is 22.4 Å². The second kappa shape index (κ2) is 6.84. The van der Waals surface area contributed by atoms with E-state index in [9.17, 15) is 0 Å². The molecule has 0 amide bonds. The minimum Gasteiger partial charge on any atom is -0.339 e. The molecule has 0 saturated heterocycles. The summed E-state index contributed by atoms with van der Waals surface area (Å²) in [4.78, 5) is 9.07. The van der Waals surface area contributed by atoms with Crippen molar-refractivity contribution in [3.05, 3.63) is 89.4 Å². The van der Waals surface area contributed by atoms with E-state index in [4.69, 9.17) is 0 Å². The number of aromatic nitrogens is 3. The second-order valence-corrected chi connectivity index (χ2v) is 6.27. The minimum absolute atomic E-state index is 0.675. The first-order valence-corrected chi connectivity index (χ1v) is 8.62. The summed E-state index contributed by atoms with van der Waals surface area (Å²) in [5.41, 5.74) is 5.49. The lowest BCUT2D eigenvalue weighted by Gasteiger charge is -2.13. The highest BCUT2D eigenvalue weighted by Crippen LogP contribution is 2.28. The van der Waals surface area contributed by atoms with Gasteiger partial charge in [0, 0.05) is 18.1 Å². The number of anilines is 2. The SMILES string of the molecule is Cc1cccc(C)c1Nc1c(/C=C/c2ccccc2)nc2ncccn12. The van der Waals surface area contributed by atoms with Gasteiger partial charge >= 0.3 is 0 Å². The number of aryl methyl sites for hydroxylation is 2. The highest BCUT2D eigenvalue weighted by Gasteiger charge is 2.13. The van der Waals surface area contributed by atoms with E-state index in [2.05, 4.69) is 65.5 Å². The van der Waals surface area contributed by atoms with Gasteiger partial charge in [0.15, 0.2) is 0 Å². The zero-order chi connectivity index (χ0) is 17.9. The summed E-state index contributed by atoms with van der Waals surface area (Å²) in [5.74, 6) is 1.59. The summed E-state index contributed by atoms with van der Waals surface area (Å²) in [7, 11) is 0. The van der Waals surface area contributed by atoms with Gasteiger partial charge in [0.2, 0.25) is 5.78 Å². The van der Waals surface area contributed by atoms with Crippen LogP contribution in [0, 0.1) is 13.8 Å². The number of para-hydroxylation sites is 1. The van der Waals surface area contributed by atoms with E-state index in [0.29, 0.717) is 5.78 Å². The summed E-state index contributed by atoms with van der Waals surface area (Å²) in [5, 5.41) is 3.58. The third kappa shape index (κ3) is 3.09. The van der Waals surface area contributed by atoms with E-state index in [1.54, 1.807) is 6.20 Å².